The molecule has 1 aromatic heterocycles. The van der Waals surface area contributed by atoms with Gasteiger partial charge in [-0.25, -0.2) is 9.98 Å². The fourth-order valence-electron chi connectivity index (χ4n) is 17.3. The molecule has 1 heterocycles. The molecule has 0 unspecified atom stereocenters. The van der Waals surface area contributed by atoms with Crippen molar-refractivity contribution in [2.75, 3.05) is 0 Å². The van der Waals surface area contributed by atoms with Crippen molar-refractivity contribution in [2.24, 2.45) is 15.7 Å². The van der Waals surface area contributed by atoms with Gasteiger partial charge in [0, 0.05) is 21.9 Å². The predicted molar refractivity (Wildman–Crippen MR) is 464 cm³/mol. The van der Waals surface area contributed by atoms with Gasteiger partial charge >= 0.3 is 0 Å². The number of para-hydroxylation sites is 2. The SMILES string of the molecule is NC(=N/C(=N\Cn1c2ccccc2c2ccccc21)c1cc([Si](c2ccccc2)(c2ccccc2)c2ccccc2)cc([Si](c2ccccc2)(c2ccccc2)c2ccccc2)c1)c1cc([Si](c2ccccc2)(c2ccccc2)c2ccccc2)cc([Si](c2ccccc2)(c2ccccc2)c2ccccc2)c1. The van der Waals surface area contributed by atoms with E-state index in [0.717, 1.165) is 32.9 Å². The van der Waals surface area contributed by atoms with Crippen molar-refractivity contribution in [2.45, 2.75) is 6.67 Å². The standard InChI is InChI=1S/C99H78N4Si4/c100-98(76-69-90(104(78-41-13-1-14-42-78,79-43-15-2-16-44-79)80-45-17-3-18-46-80)73-91(70-76)105(81-47-19-4-20-48-81,82-49-21-5-22-50-82)83-51-23-6-24-52-83)102-99(101-75-103-96-67-39-37-65-94(96)95-66-38-40-68-97(95)103)77-71-92(106(84-53-25-7-26-54-84,85-55-27-8-28-56-85)86-57-29-9-30-58-86)74-93(72-77)107(87-59-31-10-32-60-87,88-61-33-11-34-62-88)89-63-35-12-36-64-89/h1-74H,75H2,(H2,100,101,102). The number of fused-ring (bicyclic) bond motifs is 3. The molecule has 0 spiro atoms. The number of benzene rings is 16. The van der Waals surface area contributed by atoms with E-state index in [1.807, 2.05) is 0 Å². The van der Waals surface area contributed by atoms with Crippen LogP contribution in [0.3, 0.4) is 0 Å². The quantitative estimate of drug-likeness (QED) is 0.0352. The maximum atomic E-state index is 8.42. The monoisotopic (exact) mass is 1430 g/mol. The highest BCUT2D eigenvalue weighted by atomic mass is 28.3. The normalized spacial score (nSPS) is 12.3. The first kappa shape index (κ1) is 67.5. The summed E-state index contributed by atoms with van der Waals surface area (Å²) in [6.45, 7) is 0.236. The van der Waals surface area contributed by atoms with Crippen LogP contribution < -0.4 is 88.7 Å². The van der Waals surface area contributed by atoms with Gasteiger partial charge in [-0.05, 0) is 95.1 Å². The molecular formula is C99H78N4Si4. The maximum absolute atomic E-state index is 8.42. The minimum atomic E-state index is -3.40. The van der Waals surface area contributed by atoms with Crippen molar-refractivity contribution >= 4 is 149 Å². The highest BCUT2D eigenvalue weighted by Gasteiger charge is 2.49. The van der Waals surface area contributed by atoms with Crippen molar-refractivity contribution in [3.05, 3.63) is 460 Å². The van der Waals surface area contributed by atoms with Crippen molar-refractivity contribution in [1.29, 1.82) is 0 Å². The Morgan fingerprint density at radius 1 is 0.215 bits per heavy atom. The molecule has 16 aromatic carbocycles. The van der Waals surface area contributed by atoms with Gasteiger partial charge in [-0.15, -0.1) is 0 Å². The van der Waals surface area contributed by atoms with Crippen LogP contribution >= 0.6 is 0 Å². The van der Waals surface area contributed by atoms with E-state index in [9.17, 15) is 0 Å². The smallest absolute Gasteiger partial charge is 0.179 e. The number of aromatic nitrogens is 1. The first-order chi connectivity index (χ1) is 53.0. The summed E-state index contributed by atoms with van der Waals surface area (Å²) in [5.41, 5.74) is 12.3. The Morgan fingerprint density at radius 2 is 0.402 bits per heavy atom. The molecule has 0 radical (unpaired) electrons. The molecule has 8 heteroatoms. The summed E-state index contributed by atoms with van der Waals surface area (Å²) >= 11 is 0. The third-order valence-electron chi connectivity index (χ3n) is 21.9. The molecule has 0 saturated carbocycles. The molecular weight excluding hydrogens is 1360 g/mol. The number of amidine groups is 2. The number of nitrogens with two attached hydrogens (primary N) is 1. The number of rotatable bonds is 20. The van der Waals surface area contributed by atoms with Crippen molar-refractivity contribution in [3.8, 4) is 0 Å². The van der Waals surface area contributed by atoms with E-state index in [4.69, 9.17) is 15.7 Å². The largest absolute Gasteiger partial charge is 0.383 e. The van der Waals surface area contributed by atoms with Gasteiger partial charge in [-0.1, -0.05) is 437 Å². The number of hydrogen-bond donors (Lipinski definition) is 1. The van der Waals surface area contributed by atoms with Gasteiger partial charge in [0.2, 0.25) is 0 Å². The second kappa shape index (κ2) is 29.8. The van der Waals surface area contributed by atoms with Crippen LogP contribution in [0.25, 0.3) is 21.8 Å². The zero-order valence-corrected chi connectivity index (χ0v) is 63.4. The molecule has 0 aliphatic heterocycles. The molecule has 2 N–H and O–H groups in total. The van der Waals surface area contributed by atoms with E-state index in [0.29, 0.717) is 11.7 Å². The molecule has 0 fully saturated rings. The molecule has 107 heavy (non-hydrogen) atoms. The third kappa shape index (κ3) is 12.0. The van der Waals surface area contributed by atoms with E-state index in [1.165, 1.54) is 83.0 Å². The maximum Gasteiger partial charge on any atom is 0.179 e. The van der Waals surface area contributed by atoms with Crippen LogP contribution in [0.15, 0.2) is 459 Å². The first-order valence-electron chi connectivity index (χ1n) is 36.8. The summed E-state index contributed by atoms with van der Waals surface area (Å²) in [5.74, 6) is 0.870. The highest BCUT2D eigenvalue weighted by Crippen LogP contribution is 2.29. The topological polar surface area (TPSA) is 55.7 Å². The van der Waals surface area contributed by atoms with Crippen molar-refractivity contribution in [1.82, 2.24) is 4.57 Å². The van der Waals surface area contributed by atoms with Crippen LogP contribution in [0.5, 0.6) is 0 Å². The second-order valence-corrected chi connectivity index (χ2v) is 42.8. The zero-order chi connectivity index (χ0) is 71.9. The Balaban J connectivity index is 1.04. The number of nitrogens with zero attached hydrogens (tertiary/aromatic N) is 3. The lowest BCUT2D eigenvalue weighted by atomic mass is 10.2. The van der Waals surface area contributed by atoms with E-state index in [1.54, 1.807) is 0 Å². The van der Waals surface area contributed by atoms with Gasteiger partial charge in [-0.2, -0.15) is 0 Å². The summed E-state index contributed by atoms with van der Waals surface area (Å²) in [5, 5.41) is 22.2. The molecule has 4 nitrogen and oxygen atoms in total. The van der Waals surface area contributed by atoms with Crippen LogP contribution in [-0.4, -0.2) is 48.5 Å². The van der Waals surface area contributed by atoms with Gasteiger partial charge < -0.3 is 10.3 Å². The van der Waals surface area contributed by atoms with E-state index in [-0.39, 0.29) is 6.67 Å². The second-order valence-electron chi connectivity index (χ2n) is 27.6. The van der Waals surface area contributed by atoms with Gasteiger partial charge in [-0.3, -0.25) is 0 Å². The predicted octanol–water partition coefficient (Wildman–Crippen LogP) is 11.1. The lowest BCUT2D eigenvalue weighted by Gasteiger charge is -2.38. The molecule has 0 atom stereocenters. The summed E-state index contributed by atoms with van der Waals surface area (Å²) in [6, 6.07) is 168. The Morgan fingerprint density at radius 3 is 0.617 bits per heavy atom. The van der Waals surface area contributed by atoms with Gasteiger partial charge in [0.1, 0.15) is 12.5 Å². The minimum absolute atomic E-state index is 0.236. The zero-order valence-electron chi connectivity index (χ0n) is 59.4. The molecule has 0 bridgehead atoms. The van der Waals surface area contributed by atoms with E-state index >= 15 is 0 Å². The van der Waals surface area contributed by atoms with Crippen LogP contribution in [0.1, 0.15) is 11.1 Å². The molecule has 17 aromatic rings. The molecule has 510 valence electrons. The molecule has 0 amide bonds. The summed E-state index contributed by atoms with van der Waals surface area (Å²) < 4.78 is 2.35. The Hall–Kier alpha value is -12.7. The number of hydrogen-bond acceptors (Lipinski definition) is 1. The van der Waals surface area contributed by atoms with Crippen LogP contribution in [0.4, 0.5) is 0 Å². The average molecular weight is 1440 g/mol. The molecule has 0 aliphatic carbocycles. The van der Waals surface area contributed by atoms with E-state index in [2.05, 4.69) is 453 Å². The minimum Gasteiger partial charge on any atom is -0.383 e. The van der Waals surface area contributed by atoms with E-state index < -0.39 is 32.3 Å². The highest BCUT2D eigenvalue weighted by molar-refractivity contribution is 7.23. The summed E-state index contributed by atoms with van der Waals surface area (Å²) in [6.07, 6.45) is 0. The Bertz CT molecular complexity index is 5210. The summed E-state index contributed by atoms with van der Waals surface area (Å²) in [4.78, 5) is 12.2. The first-order valence-corrected chi connectivity index (χ1v) is 44.8. The van der Waals surface area contributed by atoms with Crippen LogP contribution in [-0.2, 0) is 6.67 Å². The fourth-order valence-corrected chi connectivity index (χ4v) is 36.9. The van der Waals surface area contributed by atoms with Gasteiger partial charge in [0.05, 0.1) is 11.0 Å². The van der Waals surface area contributed by atoms with Crippen LogP contribution in [0, 0.1) is 0 Å². The number of aliphatic imine (C=N–C) groups is 2. The van der Waals surface area contributed by atoms with Gasteiger partial charge in [0.25, 0.3) is 0 Å². The summed E-state index contributed by atoms with van der Waals surface area (Å²) in [7, 11) is -13.5. The van der Waals surface area contributed by atoms with Crippen molar-refractivity contribution in [3.63, 3.8) is 0 Å². The Kier molecular flexibility index (Phi) is 18.8. The molecule has 0 aliphatic rings. The third-order valence-corrected chi connectivity index (χ3v) is 40.9. The lowest BCUT2D eigenvalue weighted by molar-refractivity contribution is 0.791. The average Bonchev–Trinajstić information content (AvgIpc) is 1.56. The fraction of sp³-hybridized carbons (Fsp3) is 0.0101. The molecule has 17 rings (SSSR count). The Labute approximate surface area is 631 Å². The van der Waals surface area contributed by atoms with Crippen molar-refractivity contribution < 1.29 is 0 Å². The lowest BCUT2D eigenvalue weighted by Crippen LogP contribution is -2.78. The molecule has 0 saturated heterocycles. The van der Waals surface area contributed by atoms with Gasteiger partial charge in [0.15, 0.2) is 38.1 Å². The van der Waals surface area contributed by atoms with Crippen LogP contribution in [0.2, 0.25) is 0 Å².